The van der Waals surface area contributed by atoms with E-state index in [1.165, 1.54) is 0 Å². The van der Waals surface area contributed by atoms with E-state index >= 15 is 0 Å². The molecule has 0 aliphatic carbocycles. The summed E-state index contributed by atoms with van der Waals surface area (Å²) in [6.07, 6.45) is 0.389. The molecule has 0 unspecified atom stereocenters. The van der Waals surface area contributed by atoms with E-state index in [4.69, 9.17) is 0 Å². The highest BCUT2D eigenvalue weighted by atomic mass is 79.9. The maximum atomic E-state index is 11.7. The van der Waals surface area contributed by atoms with E-state index in [0.717, 1.165) is 8.95 Å². The van der Waals surface area contributed by atoms with Crippen LogP contribution in [-0.2, 0) is 4.79 Å². The molecule has 0 aliphatic rings. The Kier molecular flexibility index (Phi) is 4.67. The number of benzene rings is 1. The molecule has 0 N–H and O–H groups in total. The Bertz CT molecular complexity index is 379. The molecule has 80 valence electrons. The number of ketones is 2. The molecule has 1 aromatic carbocycles. The lowest BCUT2D eigenvalue weighted by Gasteiger charge is -2.01. The fraction of sp³-hybridized carbons (Fsp3) is 0.273. The smallest absolute Gasteiger partial charge is 0.170 e. The molecule has 0 aromatic heterocycles. The van der Waals surface area contributed by atoms with Gasteiger partial charge in [-0.3, -0.25) is 9.59 Å². The average molecular weight is 334 g/mol. The summed E-state index contributed by atoms with van der Waals surface area (Å²) in [5, 5.41) is 0. The molecule has 0 radical (unpaired) electrons. The second-order valence-corrected chi connectivity index (χ2v) is 4.98. The summed E-state index contributed by atoms with van der Waals surface area (Å²) in [6.45, 7) is 1.76. The molecule has 0 bridgehead atoms. The highest BCUT2D eigenvalue weighted by molar-refractivity contribution is 9.11. The van der Waals surface area contributed by atoms with Gasteiger partial charge in [-0.15, -0.1) is 0 Å². The van der Waals surface area contributed by atoms with Crippen molar-refractivity contribution in [1.82, 2.24) is 0 Å². The van der Waals surface area contributed by atoms with Crippen molar-refractivity contribution in [2.45, 2.75) is 19.8 Å². The van der Waals surface area contributed by atoms with Crippen molar-refractivity contribution in [3.8, 4) is 0 Å². The zero-order valence-electron chi connectivity index (χ0n) is 8.22. The fourth-order valence-corrected chi connectivity index (χ4v) is 2.41. The van der Waals surface area contributed by atoms with E-state index in [-0.39, 0.29) is 18.0 Å². The molecule has 0 saturated heterocycles. The van der Waals surface area contributed by atoms with Gasteiger partial charge in [-0.05, 0) is 18.2 Å². The molecule has 0 aliphatic heterocycles. The lowest BCUT2D eigenvalue weighted by atomic mass is 10.1. The van der Waals surface area contributed by atoms with Gasteiger partial charge in [0.2, 0.25) is 0 Å². The minimum atomic E-state index is -0.135. The second-order valence-electron chi connectivity index (χ2n) is 3.15. The number of halogens is 2. The third-order valence-electron chi connectivity index (χ3n) is 1.94. The lowest BCUT2D eigenvalue weighted by Crippen LogP contribution is -2.07. The SMILES string of the molecule is CCC(=O)CC(=O)c1cc(Br)cc(Br)c1. The first-order chi connectivity index (χ1) is 7.02. The monoisotopic (exact) mass is 332 g/mol. The number of Topliss-reactive ketones (excluding diaryl/α,β-unsaturated/α-hetero) is 2. The molecule has 0 atom stereocenters. The van der Waals surface area contributed by atoms with Gasteiger partial charge >= 0.3 is 0 Å². The molecule has 2 nitrogen and oxygen atoms in total. The fourth-order valence-electron chi connectivity index (χ4n) is 1.12. The summed E-state index contributed by atoms with van der Waals surface area (Å²) in [7, 11) is 0. The number of hydrogen-bond acceptors (Lipinski definition) is 2. The first-order valence-corrected chi connectivity index (χ1v) is 6.12. The quantitative estimate of drug-likeness (QED) is 0.621. The van der Waals surface area contributed by atoms with Crippen LogP contribution >= 0.6 is 31.9 Å². The van der Waals surface area contributed by atoms with Gasteiger partial charge < -0.3 is 0 Å². The van der Waals surface area contributed by atoms with Crippen molar-refractivity contribution in [2.75, 3.05) is 0 Å². The molecule has 0 saturated carbocycles. The van der Waals surface area contributed by atoms with Crippen LogP contribution in [0.25, 0.3) is 0 Å². The molecule has 4 heteroatoms. The highest BCUT2D eigenvalue weighted by Crippen LogP contribution is 2.21. The lowest BCUT2D eigenvalue weighted by molar-refractivity contribution is -0.117. The van der Waals surface area contributed by atoms with Gasteiger partial charge in [-0.25, -0.2) is 0 Å². The minimum absolute atomic E-state index is 0.0145. The topological polar surface area (TPSA) is 34.1 Å². The van der Waals surface area contributed by atoms with Crippen LogP contribution in [-0.4, -0.2) is 11.6 Å². The Labute approximate surface area is 105 Å². The largest absolute Gasteiger partial charge is 0.299 e. The number of carbonyl (C=O) groups is 2. The van der Waals surface area contributed by atoms with Crippen molar-refractivity contribution in [1.29, 1.82) is 0 Å². The molecule has 0 amide bonds. The molecule has 1 aromatic rings. The average Bonchev–Trinajstić information content (AvgIpc) is 2.16. The van der Waals surface area contributed by atoms with Crippen molar-refractivity contribution < 1.29 is 9.59 Å². The summed E-state index contributed by atoms with van der Waals surface area (Å²) in [5.41, 5.74) is 0.554. The summed E-state index contributed by atoms with van der Waals surface area (Å²) in [6, 6.07) is 5.28. The molecule has 0 heterocycles. The van der Waals surface area contributed by atoms with Crippen LogP contribution in [0.3, 0.4) is 0 Å². The van der Waals surface area contributed by atoms with E-state index < -0.39 is 0 Å². The van der Waals surface area contributed by atoms with Crippen molar-refractivity contribution in [3.63, 3.8) is 0 Å². The Morgan fingerprint density at radius 1 is 1.13 bits per heavy atom. The first-order valence-electron chi connectivity index (χ1n) is 4.54. The first kappa shape index (κ1) is 12.6. The number of carbonyl (C=O) groups excluding carboxylic acids is 2. The predicted octanol–water partition coefficient (Wildman–Crippen LogP) is 3.76. The summed E-state index contributed by atoms with van der Waals surface area (Å²) < 4.78 is 1.65. The van der Waals surface area contributed by atoms with Gasteiger partial charge in [0.25, 0.3) is 0 Å². The number of rotatable bonds is 4. The van der Waals surface area contributed by atoms with Gasteiger partial charge in [0, 0.05) is 20.9 Å². The van der Waals surface area contributed by atoms with Crippen LogP contribution < -0.4 is 0 Å². The zero-order valence-corrected chi connectivity index (χ0v) is 11.4. The molecule has 1 rings (SSSR count). The Hall–Kier alpha value is -0.480. The normalized spacial score (nSPS) is 10.1. The van der Waals surface area contributed by atoms with Crippen molar-refractivity contribution in [2.24, 2.45) is 0 Å². The van der Waals surface area contributed by atoms with Gasteiger partial charge in [-0.2, -0.15) is 0 Å². The summed E-state index contributed by atoms with van der Waals surface area (Å²) in [4.78, 5) is 22.8. The van der Waals surface area contributed by atoms with Gasteiger partial charge in [-0.1, -0.05) is 38.8 Å². The third-order valence-corrected chi connectivity index (χ3v) is 2.85. The predicted molar refractivity (Wildman–Crippen MR) is 66.1 cm³/mol. The van der Waals surface area contributed by atoms with Crippen LogP contribution in [0.1, 0.15) is 30.1 Å². The Balaban J connectivity index is 2.86. The van der Waals surface area contributed by atoms with Crippen LogP contribution in [0.2, 0.25) is 0 Å². The van der Waals surface area contributed by atoms with E-state index in [0.29, 0.717) is 12.0 Å². The van der Waals surface area contributed by atoms with Crippen molar-refractivity contribution >= 4 is 43.4 Å². The second kappa shape index (κ2) is 5.56. The van der Waals surface area contributed by atoms with Crippen LogP contribution in [0.15, 0.2) is 27.1 Å². The van der Waals surface area contributed by atoms with Gasteiger partial charge in [0.15, 0.2) is 5.78 Å². The van der Waals surface area contributed by atoms with Gasteiger partial charge in [0.05, 0.1) is 6.42 Å². The number of hydrogen-bond donors (Lipinski definition) is 0. The molecular weight excluding hydrogens is 324 g/mol. The van der Waals surface area contributed by atoms with Crippen molar-refractivity contribution in [3.05, 3.63) is 32.7 Å². The zero-order chi connectivity index (χ0) is 11.4. The van der Waals surface area contributed by atoms with Crippen LogP contribution in [0.4, 0.5) is 0 Å². The standard InChI is InChI=1S/C11H10Br2O2/c1-2-10(14)6-11(15)7-3-8(12)5-9(13)4-7/h3-5H,2,6H2,1H3. The third kappa shape index (κ3) is 3.87. The summed E-state index contributed by atoms with van der Waals surface area (Å²) in [5.74, 6) is -0.167. The van der Waals surface area contributed by atoms with E-state index in [9.17, 15) is 9.59 Å². The maximum absolute atomic E-state index is 11.7. The van der Waals surface area contributed by atoms with Crippen LogP contribution in [0, 0.1) is 0 Å². The molecule has 15 heavy (non-hydrogen) atoms. The Morgan fingerprint density at radius 2 is 1.67 bits per heavy atom. The molecule has 0 fully saturated rings. The van der Waals surface area contributed by atoms with E-state index in [1.807, 2.05) is 6.07 Å². The van der Waals surface area contributed by atoms with E-state index in [1.54, 1.807) is 19.1 Å². The molecule has 0 spiro atoms. The van der Waals surface area contributed by atoms with E-state index in [2.05, 4.69) is 31.9 Å². The minimum Gasteiger partial charge on any atom is -0.299 e. The summed E-state index contributed by atoms with van der Waals surface area (Å²) >= 11 is 6.59. The maximum Gasteiger partial charge on any atom is 0.170 e. The van der Waals surface area contributed by atoms with Gasteiger partial charge in [0.1, 0.15) is 5.78 Å². The highest BCUT2D eigenvalue weighted by Gasteiger charge is 2.11. The van der Waals surface area contributed by atoms with Crippen LogP contribution in [0.5, 0.6) is 0 Å². The molecular formula is C11H10Br2O2. The Morgan fingerprint density at radius 3 is 2.13 bits per heavy atom.